The first-order valence-electron chi connectivity index (χ1n) is 11.3. The Morgan fingerprint density at radius 3 is 2.63 bits per heavy atom. The van der Waals surface area contributed by atoms with Crippen molar-refractivity contribution in [2.24, 2.45) is 0 Å². The van der Waals surface area contributed by atoms with Gasteiger partial charge in [0.2, 0.25) is 0 Å². The molecule has 0 spiro atoms. The summed E-state index contributed by atoms with van der Waals surface area (Å²) in [7, 11) is 0. The molecule has 4 rings (SSSR count). The van der Waals surface area contributed by atoms with Gasteiger partial charge in [0.25, 0.3) is 5.91 Å². The molecule has 7 nitrogen and oxygen atoms in total. The van der Waals surface area contributed by atoms with Crippen LogP contribution in [0.3, 0.4) is 0 Å². The molecule has 0 bridgehead atoms. The van der Waals surface area contributed by atoms with Gasteiger partial charge in [-0.1, -0.05) is 29.8 Å². The summed E-state index contributed by atoms with van der Waals surface area (Å²) in [6.45, 7) is 1.55. The number of nitrogens with one attached hydrogen (secondary N) is 2. The smallest absolute Gasteiger partial charge is 0.416 e. The number of ether oxygens (including phenoxy) is 2. The van der Waals surface area contributed by atoms with Gasteiger partial charge in [-0.15, -0.1) is 0 Å². The highest BCUT2D eigenvalue weighted by Gasteiger charge is 2.31. The number of anilines is 1. The second-order valence-electron chi connectivity index (χ2n) is 7.94. The van der Waals surface area contributed by atoms with Gasteiger partial charge in [-0.2, -0.15) is 18.4 Å². The summed E-state index contributed by atoms with van der Waals surface area (Å²) in [4.78, 5) is 19.9. The van der Waals surface area contributed by atoms with Gasteiger partial charge in [0.05, 0.1) is 39.5 Å². The molecule has 0 saturated carbocycles. The average molecular weight is 541 g/mol. The van der Waals surface area contributed by atoms with Crippen LogP contribution in [0.1, 0.15) is 23.9 Å². The Kier molecular flexibility index (Phi) is 7.88. The number of imidazole rings is 1. The van der Waals surface area contributed by atoms with E-state index in [1.807, 2.05) is 24.3 Å². The SMILES string of the molecule is CCOc1cc(C=C(C#N)c2nc3ccccc3[nH]2)ccc1OCC(=O)Nc1cc(C(F)(F)F)ccc1Cl. The van der Waals surface area contributed by atoms with E-state index in [0.717, 1.165) is 29.2 Å². The molecule has 1 amide bonds. The lowest BCUT2D eigenvalue weighted by Crippen LogP contribution is -2.21. The number of nitriles is 1. The number of H-pyrrole nitrogens is 1. The second kappa shape index (κ2) is 11.3. The molecule has 2 N–H and O–H groups in total. The van der Waals surface area contributed by atoms with E-state index in [1.165, 1.54) is 0 Å². The number of benzene rings is 3. The lowest BCUT2D eigenvalue weighted by Gasteiger charge is -2.14. The van der Waals surface area contributed by atoms with Crippen LogP contribution in [0.4, 0.5) is 18.9 Å². The Balaban J connectivity index is 1.50. The van der Waals surface area contributed by atoms with Crippen molar-refractivity contribution in [3.8, 4) is 17.6 Å². The van der Waals surface area contributed by atoms with Crippen LogP contribution in [0.25, 0.3) is 22.7 Å². The maximum atomic E-state index is 13.0. The molecule has 0 aliphatic carbocycles. The number of hydrogen-bond donors (Lipinski definition) is 2. The molecule has 1 aromatic heterocycles. The van der Waals surface area contributed by atoms with E-state index in [1.54, 1.807) is 31.2 Å². The standard InChI is InChI=1S/C27H20ClF3N4O3/c1-2-37-24-12-16(11-17(14-32)26-34-20-5-3-4-6-21(20)35-26)7-10-23(24)38-15-25(36)33-22-13-18(27(29,30)31)8-9-19(22)28/h3-13H,2,15H2,1H3,(H,33,36)(H,34,35). The fourth-order valence-electron chi connectivity index (χ4n) is 3.53. The predicted octanol–water partition coefficient (Wildman–Crippen LogP) is 6.72. The zero-order valence-corrected chi connectivity index (χ0v) is 20.7. The lowest BCUT2D eigenvalue weighted by molar-refractivity contribution is -0.137. The summed E-state index contributed by atoms with van der Waals surface area (Å²) >= 11 is 5.93. The maximum Gasteiger partial charge on any atom is 0.416 e. The largest absolute Gasteiger partial charge is 0.490 e. The minimum absolute atomic E-state index is 0.0461. The van der Waals surface area contributed by atoms with E-state index >= 15 is 0 Å². The molecular weight excluding hydrogens is 521 g/mol. The summed E-state index contributed by atoms with van der Waals surface area (Å²) < 4.78 is 50.1. The summed E-state index contributed by atoms with van der Waals surface area (Å²) in [6.07, 6.45) is -2.95. The maximum absolute atomic E-state index is 13.0. The van der Waals surface area contributed by atoms with E-state index < -0.39 is 24.3 Å². The third-order valence-electron chi connectivity index (χ3n) is 5.27. The quantitative estimate of drug-likeness (QED) is 0.242. The van der Waals surface area contributed by atoms with Crippen molar-refractivity contribution >= 4 is 45.9 Å². The van der Waals surface area contributed by atoms with Gasteiger partial charge >= 0.3 is 6.18 Å². The van der Waals surface area contributed by atoms with E-state index in [0.29, 0.717) is 29.3 Å². The first-order valence-corrected chi connectivity index (χ1v) is 11.7. The van der Waals surface area contributed by atoms with Crippen molar-refractivity contribution in [1.29, 1.82) is 5.26 Å². The highest BCUT2D eigenvalue weighted by atomic mass is 35.5. The summed E-state index contributed by atoms with van der Waals surface area (Å²) in [5.74, 6) is 0.246. The molecular formula is C27H20ClF3N4O3. The Morgan fingerprint density at radius 2 is 1.92 bits per heavy atom. The molecule has 38 heavy (non-hydrogen) atoms. The van der Waals surface area contributed by atoms with Crippen LogP contribution in [0, 0.1) is 11.3 Å². The second-order valence-corrected chi connectivity index (χ2v) is 8.35. The number of hydrogen-bond acceptors (Lipinski definition) is 5. The molecule has 0 saturated heterocycles. The molecule has 11 heteroatoms. The Hall–Kier alpha value is -4.49. The number of fused-ring (bicyclic) bond motifs is 1. The molecule has 0 aliphatic rings. The zero-order valence-electron chi connectivity index (χ0n) is 19.9. The molecule has 0 unspecified atom stereocenters. The van der Waals surface area contributed by atoms with Crippen LogP contribution >= 0.6 is 11.6 Å². The van der Waals surface area contributed by atoms with Crippen molar-refractivity contribution < 1.29 is 27.4 Å². The normalized spacial score (nSPS) is 11.7. The van der Waals surface area contributed by atoms with Crippen LogP contribution in [-0.4, -0.2) is 29.1 Å². The van der Waals surface area contributed by atoms with Crippen molar-refractivity contribution in [3.63, 3.8) is 0 Å². The molecule has 1 heterocycles. The Labute approximate surface area is 220 Å². The number of para-hydroxylation sites is 2. The molecule has 0 aliphatic heterocycles. The van der Waals surface area contributed by atoms with E-state index in [4.69, 9.17) is 21.1 Å². The number of alkyl halides is 3. The number of aromatic nitrogens is 2. The van der Waals surface area contributed by atoms with Gasteiger partial charge in [0, 0.05) is 0 Å². The molecule has 0 fully saturated rings. The van der Waals surface area contributed by atoms with Crippen LogP contribution in [0.5, 0.6) is 11.5 Å². The zero-order chi connectivity index (χ0) is 27.3. The van der Waals surface area contributed by atoms with Gasteiger partial charge < -0.3 is 19.8 Å². The van der Waals surface area contributed by atoms with Gasteiger partial charge in [-0.3, -0.25) is 4.79 Å². The van der Waals surface area contributed by atoms with Gasteiger partial charge in [0.15, 0.2) is 18.1 Å². The summed E-state index contributed by atoms with van der Waals surface area (Å²) in [5.41, 5.74) is 1.32. The summed E-state index contributed by atoms with van der Waals surface area (Å²) in [6, 6.07) is 17.0. The third kappa shape index (κ3) is 6.25. The number of carbonyl (C=O) groups excluding carboxylic acids is 1. The third-order valence-corrected chi connectivity index (χ3v) is 5.60. The monoisotopic (exact) mass is 540 g/mol. The van der Waals surface area contributed by atoms with Crippen molar-refractivity contribution in [2.75, 3.05) is 18.5 Å². The van der Waals surface area contributed by atoms with Crippen LogP contribution < -0.4 is 14.8 Å². The molecule has 194 valence electrons. The van der Waals surface area contributed by atoms with Crippen LogP contribution in [0.2, 0.25) is 5.02 Å². The Bertz CT molecular complexity index is 1520. The van der Waals surface area contributed by atoms with Gasteiger partial charge in [-0.25, -0.2) is 4.98 Å². The number of amides is 1. The van der Waals surface area contributed by atoms with E-state index in [-0.39, 0.29) is 16.5 Å². The topological polar surface area (TPSA) is 100 Å². The number of halogens is 4. The lowest BCUT2D eigenvalue weighted by atomic mass is 10.1. The number of carbonyl (C=O) groups is 1. The molecule has 0 atom stereocenters. The van der Waals surface area contributed by atoms with Crippen molar-refractivity contribution in [1.82, 2.24) is 9.97 Å². The van der Waals surface area contributed by atoms with Crippen LogP contribution in [-0.2, 0) is 11.0 Å². The fourth-order valence-corrected chi connectivity index (χ4v) is 3.69. The number of allylic oxidation sites excluding steroid dienone is 1. The molecule has 0 radical (unpaired) electrons. The minimum atomic E-state index is -4.58. The van der Waals surface area contributed by atoms with Crippen LogP contribution in [0.15, 0.2) is 60.7 Å². The highest BCUT2D eigenvalue weighted by Crippen LogP contribution is 2.34. The van der Waals surface area contributed by atoms with E-state index in [9.17, 15) is 23.2 Å². The van der Waals surface area contributed by atoms with Crippen molar-refractivity contribution in [2.45, 2.75) is 13.1 Å². The molecule has 4 aromatic rings. The van der Waals surface area contributed by atoms with Crippen molar-refractivity contribution in [3.05, 3.63) is 82.6 Å². The Morgan fingerprint density at radius 1 is 1.13 bits per heavy atom. The summed E-state index contributed by atoms with van der Waals surface area (Å²) in [5, 5.41) is 12.0. The molecule has 3 aromatic carbocycles. The van der Waals surface area contributed by atoms with Gasteiger partial charge in [0.1, 0.15) is 11.9 Å². The highest BCUT2D eigenvalue weighted by molar-refractivity contribution is 6.33. The van der Waals surface area contributed by atoms with Gasteiger partial charge in [-0.05, 0) is 61.0 Å². The van der Waals surface area contributed by atoms with E-state index in [2.05, 4.69) is 21.4 Å². The predicted molar refractivity (Wildman–Crippen MR) is 138 cm³/mol. The minimum Gasteiger partial charge on any atom is -0.490 e. The fraction of sp³-hybridized carbons (Fsp3) is 0.148. The first-order chi connectivity index (χ1) is 18.2. The number of rotatable bonds is 8. The average Bonchev–Trinajstić information content (AvgIpc) is 3.31. The number of aromatic amines is 1. The number of nitrogens with zero attached hydrogens (tertiary/aromatic N) is 2. The first kappa shape index (κ1) is 26.6.